The van der Waals surface area contributed by atoms with Gasteiger partial charge in [-0.25, -0.2) is 0 Å². The highest BCUT2D eigenvalue weighted by molar-refractivity contribution is 5.91. The van der Waals surface area contributed by atoms with Crippen LogP contribution >= 0.6 is 0 Å². The second-order valence-electron chi connectivity index (χ2n) is 5.55. The van der Waals surface area contributed by atoms with Gasteiger partial charge in [0.1, 0.15) is 5.75 Å². The van der Waals surface area contributed by atoms with Crippen molar-refractivity contribution in [2.75, 3.05) is 18.5 Å². The summed E-state index contributed by atoms with van der Waals surface area (Å²) in [6.07, 6.45) is -1.32. The van der Waals surface area contributed by atoms with Crippen LogP contribution in [0.5, 0.6) is 5.75 Å². The first kappa shape index (κ1) is 17.6. The molecule has 1 amide bonds. The number of carbonyl (C=O) groups excluding carboxylic acids is 1. The van der Waals surface area contributed by atoms with Crippen molar-refractivity contribution >= 4 is 11.6 Å². The monoisotopic (exact) mass is 331 g/mol. The summed E-state index contributed by atoms with van der Waals surface area (Å²) >= 11 is 0. The number of ether oxygens (including phenoxy) is 2. The minimum absolute atomic E-state index is 0.110. The summed E-state index contributed by atoms with van der Waals surface area (Å²) in [5.41, 5.74) is 0.934. The lowest BCUT2D eigenvalue weighted by Crippen LogP contribution is -2.20. The van der Waals surface area contributed by atoms with Gasteiger partial charge in [0.25, 0.3) is 0 Å². The van der Waals surface area contributed by atoms with E-state index in [1.165, 1.54) is 6.07 Å². The summed E-state index contributed by atoms with van der Waals surface area (Å²) in [6, 6.07) is 4.64. The smallest absolute Gasteiger partial charge is 0.422 e. The van der Waals surface area contributed by atoms with Crippen LogP contribution in [0.15, 0.2) is 18.2 Å². The minimum atomic E-state index is -4.40. The van der Waals surface area contributed by atoms with Gasteiger partial charge in [0.2, 0.25) is 5.91 Å². The quantitative estimate of drug-likeness (QED) is 0.862. The maximum absolute atomic E-state index is 12.2. The Morgan fingerprint density at radius 2 is 2.22 bits per heavy atom. The van der Waals surface area contributed by atoms with Crippen LogP contribution in [-0.2, 0) is 9.53 Å². The first-order chi connectivity index (χ1) is 10.8. The van der Waals surface area contributed by atoms with Gasteiger partial charge < -0.3 is 14.8 Å². The lowest BCUT2D eigenvalue weighted by molar-refractivity contribution is -0.153. The molecular formula is C16H20F3NO3. The molecule has 1 aliphatic heterocycles. The molecule has 1 aromatic rings. The van der Waals surface area contributed by atoms with Gasteiger partial charge in [-0.3, -0.25) is 4.79 Å². The molecule has 0 radical (unpaired) electrons. The van der Waals surface area contributed by atoms with Crippen molar-refractivity contribution < 1.29 is 27.4 Å². The van der Waals surface area contributed by atoms with E-state index in [0.29, 0.717) is 24.1 Å². The molecule has 1 atom stereocenters. The molecule has 128 valence electrons. The molecule has 1 aliphatic rings. The third kappa shape index (κ3) is 5.74. The van der Waals surface area contributed by atoms with Crippen LogP contribution in [0.25, 0.3) is 0 Å². The third-order valence-corrected chi connectivity index (χ3v) is 3.67. The van der Waals surface area contributed by atoms with Crippen LogP contribution in [-0.4, -0.2) is 31.4 Å². The van der Waals surface area contributed by atoms with E-state index in [1.54, 1.807) is 19.1 Å². The number of rotatable bonds is 6. The van der Waals surface area contributed by atoms with Gasteiger partial charge in [0, 0.05) is 24.3 Å². The first-order valence-corrected chi connectivity index (χ1v) is 7.56. The van der Waals surface area contributed by atoms with Gasteiger partial charge in [-0.2, -0.15) is 13.2 Å². The standard InChI is InChI=1S/C16H20F3NO3/c1-11-13(5-2-6-14(11)23-10-16(17,18)19)20-15(21)8-7-12-4-3-9-22-12/h2,5-6,12H,3-4,7-10H2,1H3,(H,20,21). The molecule has 0 aromatic heterocycles. The van der Waals surface area contributed by atoms with Crippen LogP contribution in [0, 0.1) is 6.92 Å². The van der Waals surface area contributed by atoms with Crippen molar-refractivity contribution in [3.8, 4) is 5.75 Å². The molecule has 0 aliphatic carbocycles. The molecule has 0 bridgehead atoms. The zero-order valence-electron chi connectivity index (χ0n) is 12.9. The average Bonchev–Trinajstić information content (AvgIpc) is 2.98. The van der Waals surface area contributed by atoms with Crippen LogP contribution in [0.2, 0.25) is 0 Å². The summed E-state index contributed by atoms with van der Waals surface area (Å²) in [5, 5.41) is 2.72. The van der Waals surface area contributed by atoms with Crippen LogP contribution in [0.4, 0.5) is 18.9 Å². The topological polar surface area (TPSA) is 47.6 Å². The molecule has 1 N–H and O–H groups in total. The van der Waals surface area contributed by atoms with Crippen LogP contribution < -0.4 is 10.1 Å². The van der Waals surface area contributed by atoms with Gasteiger partial charge in [0.05, 0.1) is 6.10 Å². The Morgan fingerprint density at radius 1 is 1.43 bits per heavy atom. The van der Waals surface area contributed by atoms with E-state index < -0.39 is 12.8 Å². The number of carbonyl (C=O) groups is 1. The van der Waals surface area contributed by atoms with Gasteiger partial charge in [0.15, 0.2) is 6.61 Å². The summed E-state index contributed by atoms with van der Waals surface area (Å²) in [4.78, 5) is 12.0. The fourth-order valence-corrected chi connectivity index (χ4v) is 2.44. The highest BCUT2D eigenvalue weighted by Crippen LogP contribution is 2.27. The van der Waals surface area contributed by atoms with E-state index in [1.807, 2.05) is 0 Å². The molecular weight excluding hydrogens is 311 g/mol. The Bertz CT molecular complexity index is 540. The normalized spacial score (nSPS) is 18.0. The van der Waals surface area contributed by atoms with Crippen molar-refractivity contribution in [2.24, 2.45) is 0 Å². The zero-order valence-corrected chi connectivity index (χ0v) is 12.9. The number of nitrogens with one attached hydrogen (secondary N) is 1. The Kier molecular flexibility index (Phi) is 5.87. The summed E-state index contributed by atoms with van der Waals surface area (Å²) in [5.74, 6) is -0.0733. The zero-order chi connectivity index (χ0) is 16.9. The Morgan fingerprint density at radius 3 is 2.87 bits per heavy atom. The molecule has 1 unspecified atom stereocenters. The predicted octanol–water partition coefficient (Wildman–Crippen LogP) is 3.83. The highest BCUT2D eigenvalue weighted by atomic mass is 19.4. The number of anilines is 1. The Hall–Kier alpha value is -1.76. The highest BCUT2D eigenvalue weighted by Gasteiger charge is 2.28. The summed E-state index contributed by atoms with van der Waals surface area (Å²) < 4.78 is 46.9. The second kappa shape index (κ2) is 7.68. The molecule has 1 aromatic carbocycles. The molecule has 2 rings (SSSR count). The van der Waals surface area contributed by atoms with Crippen molar-refractivity contribution in [3.05, 3.63) is 23.8 Å². The Labute approximate surface area is 133 Å². The number of hydrogen-bond acceptors (Lipinski definition) is 3. The van der Waals surface area contributed by atoms with E-state index in [0.717, 1.165) is 19.4 Å². The van der Waals surface area contributed by atoms with Crippen LogP contribution in [0.1, 0.15) is 31.2 Å². The summed E-state index contributed by atoms with van der Waals surface area (Å²) in [7, 11) is 0. The largest absolute Gasteiger partial charge is 0.484 e. The molecule has 1 fully saturated rings. The van der Waals surface area contributed by atoms with Gasteiger partial charge in [-0.1, -0.05) is 6.07 Å². The lowest BCUT2D eigenvalue weighted by atomic mass is 10.1. The SMILES string of the molecule is Cc1c(NC(=O)CCC2CCCO2)cccc1OCC(F)(F)F. The van der Waals surface area contributed by atoms with Crippen molar-refractivity contribution in [1.29, 1.82) is 0 Å². The molecule has 4 nitrogen and oxygen atoms in total. The molecule has 7 heteroatoms. The maximum Gasteiger partial charge on any atom is 0.422 e. The fraction of sp³-hybridized carbons (Fsp3) is 0.562. The van der Waals surface area contributed by atoms with E-state index in [-0.39, 0.29) is 17.8 Å². The van der Waals surface area contributed by atoms with E-state index in [4.69, 9.17) is 9.47 Å². The Balaban J connectivity index is 1.89. The van der Waals surface area contributed by atoms with Gasteiger partial charge >= 0.3 is 6.18 Å². The van der Waals surface area contributed by atoms with E-state index in [9.17, 15) is 18.0 Å². The number of amides is 1. The number of halogens is 3. The van der Waals surface area contributed by atoms with E-state index >= 15 is 0 Å². The molecule has 1 saturated heterocycles. The second-order valence-corrected chi connectivity index (χ2v) is 5.55. The molecule has 1 heterocycles. The van der Waals surface area contributed by atoms with Crippen molar-refractivity contribution in [1.82, 2.24) is 0 Å². The first-order valence-electron chi connectivity index (χ1n) is 7.56. The predicted molar refractivity (Wildman–Crippen MR) is 79.6 cm³/mol. The number of benzene rings is 1. The number of alkyl halides is 3. The number of hydrogen-bond donors (Lipinski definition) is 1. The van der Waals surface area contributed by atoms with E-state index in [2.05, 4.69) is 5.32 Å². The maximum atomic E-state index is 12.2. The lowest BCUT2D eigenvalue weighted by Gasteiger charge is -2.15. The fourth-order valence-electron chi connectivity index (χ4n) is 2.44. The molecule has 0 spiro atoms. The van der Waals surface area contributed by atoms with Gasteiger partial charge in [-0.15, -0.1) is 0 Å². The third-order valence-electron chi connectivity index (χ3n) is 3.67. The van der Waals surface area contributed by atoms with Crippen LogP contribution in [0.3, 0.4) is 0 Å². The molecule has 23 heavy (non-hydrogen) atoms. The van der Waals surface area contributed by atoms with Crippen molar-refractivity contribution in [3.63, 3.8) is 0 Å². The minimum Gasteiger partial charge on any atom is -0.484 e. The van der Waals surface area contributed by atoms with Crippen molar-refractivity contribution in [2.45, 2.75) is 44.9 Å². The molecule has 0 saturated carbocycles. The van der Waals surface area contributed by atoms with Gasteiger partial charge in [-0.05, 0) is 38.3 Å². The summed E-state index contributed by atoms with van der Waals surface area (Å²) in [6.45, 7) is 0.996. The average molecular weight is 331 g/mol.